The molecule has 0 unspecified atom stereocenters. The zero-order chi connectivity index (χ0) is 10.1. The van der Waals surface area contributed by atoms with Gasteiger partial charge in [0, 0.05) is 6.21 Å². The molecule has 1 nitrogen and oxygen atoms in total. The lowest BCUT2D eigenvalue weighted by Gasteiger charge is -2.11. The fourth-order valence-electron chi connectivity index (χ4n) is 2.20. The van der Waals surface area contributed by atoms with Gasteiger partial charge in [-0.25, -0.2) is 0 Å². The molecule has 15 heavy (non-hydrogen) atoms. The molecule has 0 N–H and O–H groups in total. The lowest BCUT2D eigenvalue weighted by Crippen LogP contribution is -1.97. The van der Waals surface area contributed by atoms with E-state index in [-0.39, 0.29) is 0 Å². The highest BCUT2D eigenvalue weighted by Gasteiger charge is 2.12. The molecular weight excluding hydrogens is 182 g/mol. The Hall–Kier alpha value is -1.63. The lowest BCUT2D eigenvalue weighted by atomic mass is 9.95. The average Bonchev–Trinajstić information content (AvgIpc) is 2.48. The predicted molar refractivity (Wildman–Crippen MR) is 63.1 cm³/mol. The largest absolute Gasteiger partial charge is 0.256 e. The van der Waals surface area contributed by atoms with Crippen LogP contribution in [0.4, 0.5) is 0 Å². The van der Waals surface area contributed by atoms with E-state index in [2.05, 4.69) is 41.4 Å². The fourth-order valence-corrected chi connectivity index (χ4v) is 2.20. The first-order chi connectivity index (χ1) is 7.43. The van der Waals surface area contributed by atoms with Crippen LogP contribution in [0.1, 0.15) is 24.0 Å². The van der Waals surface area contributed by atoms with E-state index in [0.29, 0.717) is 0 Å². The van der Waals surface area contributed by atoms with Crippen molar-refractivity contribution in [1.29, 1.82) is 0 Å². The van der Waals surface area contributed by atoms with E-state index in [1.165, 1.54) is 22.4 Å². The van der Waals surface area contributed by atoms with Gasteiger partial charge >= 0.3 is 0 Å². The Morgan fingerprint density at radius 1 is 1.13 bits per heavy atom. The summed E-state index contributed by atoms with van der Waals surface area (Å²) < 4.78 is 0. The number of aliphatic imine (C=N–C) groups is 1. The minimum Gasteiger partial charge on any atom is -0.256 e. The van der Waals surface area contributed by atoms with Gasteiger partial charge in [0.1, 0.15) is 0 Å². The molecule has 1 aromatic rings. The van der Waals surface area contributed by atoms with Crippen molar-refractivity contribution in [1.82, 2.24) is 0 Å². The van der Waals surface area contributed by atoms with Crippen molar-refractivity contribution in [3.05, 3.63) is 58.8 Å². The molecule has 0 amide bonds. The molecule has 0 spiro atoms. The second-order valence-electron chi connectivity index (χ2n) is 4.06. The summed E-state index contributed by atoms with van der Waals surface area (Å²) >= 11 is 0. The Morgan fingerprint density at radius 3 is 3.07 bits per heavy atom. The summed E-state index contributed by atoms with van der Waals surface area (Å²) in [6.07, 6.45) is 9.75. The minimum absolute atomic E-state index is 1.07. The van der Waals surface area contributed by atoms with Gasteiger partial charge in [-0.05, 0) is 42.0 Å². The van der Waals surface area contributed by atoms with Crippen molar-refractivity contribution < 1.29 is 0 Å². The second kappa shape index (κ2) is 3.50. The van der Waals surface area contributed by atoms with E-state index < -0.39 is 0 Å². The molecule has 0 saturated heterocycles. The summed E-state index contributed by atoms with van der Waals surface area (Å²) in [6.45, 7) is 0. The van der Waals surface area contributed by atoms with Crippen molar-refractivity contribution >= 4 is 6.21 Å². The molecule has 1 heterocycles. The normalized spacial score (nSPS) is 18.4. The van der Waals surface area contributed by atoms with Crippen LogP contribution >= 0.6 is 0 Å². The van der Waals surface area contributed by atoms with Crippen molar-refractivity contribution in [2.24, 2.45) is 4.99 Å². The zero-order valence-electron chi connectivity index (χ0n) is 8.61. The van der Waals surface area contributed by atoms with Crippen LogP contribution in [0.5, 0.6) is 0 Å². The maximum absolute atomic E-state index is 4.55. The molecule has 0 atom stereocenters. The number of allylic oxidation sites excluding steroid dienone is 3. The standard InChI is InChI=1S/C14H13N/c1-2-7-13-10-15-14-8-4-3-6-12(14)9-11(13)5-1/h1-2,4-5,7-8,10H,3,6,9H2. The summed E-state index contributed by atoms with van der Waals surface area (Å²) in [5, 5.41) is 0. The van der Waals surface area contributed by atoms with Crippen LogP contribution in [-0.4, -0.2) is 6.21 Å². The highest BCUT2D eigenvalue weighted by Crippen LogP contribution is 2.26. The molecule has 2 aliphatic rings. The minimum atomic E-state index is 1.07. The monoisotopic (exact) mass is 195 g/mol. The Bertz CT molecular complexity index is 478. The molecule has 0 aromatic heterocycles. The van der Waals surface area contributed by atoms with Gasteiger partial charge in [-0.3, -0.25) is 4.99 Å². The molecule has 3 rings (SSSR count). The van der Waals surface area contributed by atoms with E-state index in [1.54, 1.807) is 0 Å². The summed E-state index contributed by atoms with van der Waals surface area (Å²) in [5.41, 5.74) is 5.33. The number of hydrogen-bond acceptors (Lipinski definition) is 1. The van der Waals surface area contributed by atoms with Gasteiger partial charge in [0.05, 0.1) is 5.70 Å². The summed E-state index contributed by atoms with van der Waals surface area (Å²) in [5.74, 6) is 0. The number of rotatable bonds is 0. The lowest BCUT2D eigenvalue weighted by molar-refractivity contribution is 0.889. The average molecular weight is 195 g/mol. The quantitative estimate of drug-likeness (QED) is 0.602. The summed E-state index contributed by atoms with van der Waals surface area (Å²) in [6, 6.07) is 8.53. The second-order valence-corrected chi connectivity index (χ2v) is 4.06. The van der Waals surface area contributed by atoms with E-state index in [1.807, 2.05) is 6.21 Å². The number of hydrogen-bond donors (Lipinski definition) is 0. The molecule has 0 saturated carbocycles. The smallest absolute Gasteiger partial charge is 0.0622 e. The van der Waals surface area contributed by atoms with Crippen LogP contribution in [0.2, 0.25) is 0 Å². The van der Waals surface area contributed by atoms with Crippen LogP contribution in [-0.2, 0) is 6.42 Å². The fraction of sp³-hybridized carbons (Fsp3) is 0.214. The Kier molecular flexibility index (Phi) is 2.02. The molecular formula is C14H13N. The molecule has 1 aliphatic carbocycles. The summed E-state index contributed by atoms with van der Waals surface area (Å²) in [4.78, 5) is 4.55. The third kappa shape index (κ3) is 1.54. The van der Waals surface area contributed by atoms with Crippen LogP contribution < -0.4 is 0 Å². The molecule has 0 radical (unpaired) electrons. The molecule has 0 bridgehead atoms. The first kappa shape index (κ1) is 8.66. The van der Waals surface area contributed by atoms with Crippen LogP contribution in [0, 0.1) is 0 Å². The van der Waals surface area contributed by atoms with E-state index in [4.69, 9.17) is 0 Å². The molecule has 74 valence electrons. The van der Waals surface area contributed by atoms with Crippen molar-refractivity contribution in [3.63, 3.8) is 0 Å². The van der Waals surface area contributed by atoms with Crippen LogP contribution in [0.3, 0.4) is 0 Å². The van der Waals surface area contributed by atoms with Crippen molar-refractivity contribution in [3.8, 4) is 0 Å². The molecule has 1 heteroatoms. The highest BCUT2D eigenvalue weighted by molar-refractivity contribution is 5.83. The van der Waals surface area contributed by atoms with Crippen molar-refractivity contribution in [2.45, 2.75) is 19.3 Å². The molecule has 0 fully saturated rings. The predicted octanol–water partition coefficient (Wildman–Crippen LogP) is 3.27. The Morgan fingerprint density at radius 2 is 2.07 bits per heavy atom. The van der Waals surface area contributed by atoms with Gasteiger partial charge in [0.25, 0.3) is 0 Å². The number of nitrogens with zero attached hydrogens (tertiary/aromatic N) is 1. The van der Waals surface area contributed by atoms with Crippen molar-refractivity contribution in [2.75, 3.05) is 0 Å². The van der Waals surface area contributed by atoms with Gasteiger partial charge in [-0.15, -0.1) is 0 Å². The SMILES string of the molecule is C1=CC2=C(CC1)Cc1ccccc1C=N2. The van der Waals surface area contributed by atoms with Gasteiger partial charge in [-0.1, -0.05) is 30.3 Å². The number of fused-ring (bicyclic) bond motifs is 1. The van der Waals surface area contributed by atoms with Gasteiger partial charge in [-0.2, -0.15) is 0 Å². The van der Waals surface area contributed by atoms with Gasteiger partial charge in [0.15, 0.2) is 0 Å². The van der Waals surface area contributed by atoms with E-state index in [9.17, 15) is 0 Å². The Labute approximate surface area is 89.9 Å². The Balaban J connectivity index is 2.09. The van der Waals surface area contributed by atoms with Gasteiger partial charge in [0.2, 0.25) is 0 Å². The zero-order valence-corrected chi connectivity index (χ0v) is 8.61. The van der Waals surface area contributed by atoms with E-state index >= 15 is 0 Å². The highest BCUT2D eigenvalue weighted by atomic mass is 14.7. The third-order valence-electron chi connectivity index (χ3n) is 3.05. The molecule has 1 aliphatic heterocycles. The third-order valence-corrected chi connectivity index (χ3v) is 3.05. The topological polar surface area (TPSA) is 12.4 Å². The van der Waals surface area contributed by atoms with Crippen LogP contribution in [0.15, 0.2) is 52.7 Å². The molecule has 1 aromatic carbocycles. The number of benzene rings is 1. The van der Waals surface area contributed by atoms with Crippen LogP contribution in [0.25, 0.3) is 0 Å². The first-order valence-electron chi connectivity index (χ1n) is 5.44. The van der Waals surface area contributed by atoms with Gasteiger partial charge < -0.3 is 0 Å². The maximum atomic E-state index is 4.55. The first-order valence-corrected chi connectivity index (χ1v) is 5.44. The maximum Gasteiger partial charge on any atom is 0.0622 e. The summed E-state index contributed by atoms with van der Waals surface area (Å²) in [7, 11) is 0. The van der Waals surface area contributed by atoms with E-state index in [0.717, 1.165) is 19.3 Å².